The average Bonchev–Trinajstić information content (AvgIpc) is 2.34. The van der Waals surface area contributed by atoms with E-state index in [1.165, 1.54) is 5.56 Å². The Balaban J connectivity index is 1.90. The zero-order chi connectivity index (χ0) is 14.8. The average molecular weight is 341 g/mol. The fourth-order valence-electron chi connectivity index (χ4n) is 3.01. The van der Waals surface area contributed by atoms with Crippen molar-refractivity contribution in [2.24, 2.45) is 5.73 Å². The van der Waals surface area contributed by atoms with E-state index in [9.17, 15) is 0 Å². The predicted octanol–water partition coefficient (Wildman–Crippen LogP) is 3.34. The van der Waals surface area contributed by atoms with Crippen molar-refractivity contribution in [3.8, 4) is 0 Å². The summed E-state index contributed by atoms with van der Waals surface area (Å²) in [5.74, 6) is 0. The van der Waals surface area contributed by atoms with Crippen LogP contribution >= 0.6 is 15.9 Å². The predicted molar refractivity (Wildman–Crippen MR) is 86.8 cm³/mol. The van der Waals surface area contributed by atoms with Crippen LogP contribution in [0.2, 0.25) is 0 Å². The molecule has 1 heterocycles. The van der Waals surface area contributed by atoms with E-state index in [0.29, 0.717) is 6.10 Å². The van der Waals surface area contributed by atoms with Crippen LogP contribution in [-0.2, 0) is 4.74 Å². The Morgan fingerprint density at radius 2 is 2.15 bits per heavy atom. The summed E-state index contributed by atoms with van der Waals surface area (Å²) in [4.78, 5) is 2.46. The van der Waals surface area contributed by atoms with E-state index < -0.39 is 0 Å². The van der Waals surface area contributed by atoms with Crippen LogP contribution in [0.3, 0.4) is 0 Å². The van der Waals surface area contributed by atoms with Gasteiger partial charge in [-0.05, 0) is 38.8 Å². The Hall–Kier alpha value is -0.420. The van der Waals surface area contributed by atoms with Crippen LogP contribution in [0.5, 0.6) is 0 Å². The summed E-state index contributed by atoms with van der Waals surface area (Å²) < 4.78 is 7.03. The first-order chi connectivity index (χ1) is 9.37. The first kappa shape index (κ1) is 16.0. The van der Waals surface area contributed by atoms with E-state index in [2.05, 4.69) is 53.7 Å². The molecule has 0 aromatic heterocycles. The highest BCUT2D eigenvalue weighted by molar-refractivity contribution is 9.10. The third-order valence-electron chi connectivity index (χ3n) is 3.70. The summed E-state index contributed by atoms with van der Waals surface area (Å²) >= 11 is 3.58. The number of halogens is 1. The second-order valence-electron chi connectivity index (χ2n) is 6.34. The van der Waals surface area contributed by atoms with Gasteiger partial charge in [0, 0.05) is 30.1 Å². The summed E-state index contributed by atoms with van der Waals surface area (Å²) in [5.41, 5.74) is 7.45. The van der Waals surface area contributed by atoms with Crippen molar-refractivity contribution in [1.82, 2.24) is 4.90 Å². The number of hydrogen-bond acceptors (Lipinski definition) is 3. The molecule has 0 spiro atoms. The third kappa shape index (κ3) is 4.29. The third-order valence-corrected chi connectivity index (χ3v) is 4.42. The molecule has 2 atom stereocenters. The quantitative estimate of drug-likeness (QED) is 0.913. The molecule has 0 radical (unpaired) electrons. The van der Waals surface area contributed by atoms with E-state index in [4.69, 9.17) is 10.5 Å². The monoisotopic (exact) mass is 340 g/mol. The maximum atomic E-state index is 6.33. The van der Waals surface area contributed by atoms with Gasteiger partial charge in [-0.1, -0.05) is 34.1 Å². The van der Waals surface area contributed by atoms with Gasteiger partial charge in [-0.25, -0.2) is 0 Å². The van der Waals surface area contributed by atoms with E-state index >= 15 is 0 Å². The molecule has 1 aliphatic rings. The van der Waals surface area contributed by atoms with E-state index in [-0.39, 0.29) is 11.6 Å². The van der Waals surface area contributed by atoms with Gasteiger partial charge in [0.25, 0.3) is 0 Å². The largest absolute Gasteiger partial charge is 0.370 e. The van der Waals surface area contributed by atoms with Crippen molar-refractivity contribution >= 4 is 15.9 Å². The van der Waals surface area contributed by atoms with Crippen molar-refractivity contribution in [2.45, 2.75) is 44.9 Å². The minimum absolute atomic E-state index is 0.0604. The number of morpholine rings is 1. The van der Waals surface area contributed by atoms with Crippen molar-refractivity contribution in [1.29, 1.82) is 0 Å². The molecule has 0 bridgehead atoms. The molecule has 1 aromatic rings. The van der Waals surface area contributed by atoms with Crippen LogP contribution in [0.25, 0.3) is 0 Å². The van der Waals surface area contributed by atoms with Crippen molar-refractivity contribution in [3.05, 3.63) is 34.3 Å². The highest BCUT2D eigenvalue weighted by Gasteiger charge is 2.31. The fourth-order valence-corrected chi connectivity index (χ4v) is 3.59. The van der Waals surface area contributed by atoms with Crippen molar-refractivity contribution in [3.63, 3.8) is 0 Å². The molecule has 3 nitrogen and oxygen atoms in total. The molecule has 2 unspecified atom stereocenters. The standard InChI is InChI=1S/C16H25BrN2O/c1-12-10-19(11-16(2,3)20-12)9-8-15(18)13-6-4-5-7-14(13)17/h4-7,12,15H,8-11,18H2,1-3H3. The summed E-state index contributed by atoms with van der Waals surface area (Å²) in [5, 5.41) is 0. The van der Waals surface area contributed by atoms with E-state index in [1.807, 2.05) is 12.1 Å². The molecule has 2 rings (SSSR count). The molecule has 20 heavy (non-hydrogen) atoms. The Labute approximate surface area is 130 Å². The summed E-state index contributed by atoms with van der Waals surface area (Å²) in [7, 11) is 0. The van der Waals surface area contributed by atoms with Crippen LogP contribution < -0.4 is 5.73 Å². The lowest BCUT2D eigenvalue weighted by Gasteiger charge is -2.42. The number of rotatable bonds is 4. The van der Waals surface area contributed by atoms with Gasteiger partial charge in [-0.15, -0.1) is 0 Å². The second kappa shape index (κ2) is 6.56. The first-order valence-corrected chi connectivity index (χ1v) is 8.07. The lowest BCUT2D eigenvalue weighted by Crippen LogP contribution is -2.52. The maximum Gasteiger partial charge on any atom is 0.0757 e. The van der Waals surface area contributed by atoms with Gasteiger partial charge in [0.2, 0.25) is 0 Å². The molecule has 0 saturated carbocycles. The molecular weight excluding hydrogens is 316 g/mol. The molecule has 1 aliphatic heterocycles. The molecule has 4 heteroatoms. The molecule has 0 aliphatic carbocycles. The number of hydrogen-bond donors (Lipinski definition) is 1. The van der Waals surface area contributed by atoms with Crippen LogP contribution in [0.4, 0.5) is 0 Å². The lowest BCUT2D eigenvalue weighted by molar-refractivity contribution is -0.128. The topological polar surface area (TPSA) is 38.5 Å². The summed E-state index contributed by atoms with van der Waals surface area (Å²) in [6.07, 6.45) is 1.25. The fraction of sp³-hybridized carbons (Fsp3) is 0.625. The van der Waals surface area contributed by atoms with Crippen LogP contribution in [0.1, 0.15) is 38.8 Å². The smallest absolute Gasteiger partial charge is 0.0757 e. The van der Waals surface area contributed by atoms with Gasteiger partial charge < -0.3 is 10.5 Å². The Morgan fingerprint density at radius 3 is 2.80 bits per heavy atom. The molecule has 0 amide bonds. The van der Waals surface area contributed by atoms with E-state index in [1.54, 1.807) is 0 Å². The number of nitrogens with two attached hydrogens (primary N) is 1. The number of nitrogens with zero attached hydrogens (tertiary/aromatic N) is 1. The minimum atomic E-state index is -0.0604. The highest BCUT2D eigenvalue weighted by atomic mass is 79.9. The molecule has 112 valence electrons. The molecule has 1 fully saturated rings. The SMILES string of the molecule is CC1CN(CCC(N)c2ccccc2Br)CC(C)(C)O1. The molecule has 1 aromatic carbocycles. The van der Waals surface area contributed by atoms with Gasteiger partial charge in [-0.2, -0.15) is 0 Å². The second-order valence-corrected chi connectivity index (χ2v) is 7.19. The van der Waals surface area contributed by atoms with Crippen molar-refractivity contribution in [2.75, 3.05) is 19.6 Å². The first-order valence-electron chi connectivity index (χ1n) is 7.27. The molecule has 1 saturated heterocycles. The van der Waals surface area contributed by atoms with Gasteiger partial charge >= 0.3 is 0 Å². The highest BCUT2D eigenvalue weighted by Crippen LogP contribution is 2.25. The minimum Gasteiger partial charge on any atom is -0.370 e. The Bertz CT molecular complexity index is 450. The number of ether oxygens (including phenoxy) is 1. The molecule has 2 N–H and O–H groups in total. The maximum absolute atomic E-state index is 6.33. The molecular formula is C16H25BrN2O. The van der Waals surface area contributed by atoms with Crippen molar-refractivity contribution < 1.29 is 4.74 Å². The van der Waals surface area contributed by atoms with Gasteiger partial charge in [0.15, 0.2) is 0 Å². The summed E-state index contributed by atoms with van der Waals surface area (Å²) in [6, 6.07) is 8.29. The van der Waals surface area contributed by atoms with Gasteiger partial charge in [-0.3, -0.25) is 4.90 Å². The zero-order valence-electron chi connectivity index (χ0n) is 12.6. The van der Waals surface area contributed by atoms with Gasteiger partial charge in [0.1, 0.15) is 0 Å². The zero-order valence-corrected chi connectivity index (χ0v) is 14.2. The van der Waals surface area contributed by atoms with E-state index in [0.717, 1.165) is 30.5 Å². The normalized spacial score (nSPS) is 24.6. The number of benzene rings is 1. The summed E-state index contributed by atoms with van der Waals surface area (Å²) in [6.45, 7) is 9.43. The van der Waals surface area contributed by atoms with Crippen LogP contribution in [-0.4, -0.2) is 36.2 Å². The van der Waals surface area contributed by atoms with Gasteiger partial charge in [0.05, 0.1) is 11.7 Å². The Morgan fingerprint density at radius 1 is 1.45 bits per heavy atom. The lowest BCUT2D eigenvalue weighted by atomic mass is 10.0. The van der Waals surface area contributed by atoms with Crippen LogP contribution in [0.15, 0.2) is 28.7 Å². The van der Waals surface area contributed by atoms with Crippen LogP contribution in [0, 0.1) is 0 Å². The Kier molecular flexibility index (Phi) is 5.24.